The summed E-state index contributed by atoms with van der Waals surface area (Å²) in [6.45, 7) is 5.51. The van der Waals surface area contributed by atoms with Gasteiger partial charge >= 0.3 is 0 Å². The third kappa shape index (κ3) is 6.11. The number of halogens is 2. The quantitative estimate of drug-likeness (QED) is 0.462. The Morgan fingerprint density at radius 1 is 1.09 bits per heavy atom. The van der Waals surface area contributed by atoms with Gasteiger partial charge in [0.15, 0.2) is 0 Å². The molecule has 3 aromatic rings. The SMILES string of the molecule is CC1=C(c2ccc(F)c(N)c2)COc2ccc(O)cc21.FCC1CN(CCOc2ccccc2)C1. The molecule has 5 nitrogen and oxygen atoms in total. The van der Waals surface area contributed by atoms with E-state index in [-0.39, 0.29) is 24.0 Å². The molecule has 0 saturated carbocycles. The van der Waals surface area contributed by atoms with Gasteiger partial charge in [0.05, 0.1) is 12.4 Å². The van der Waals surface area contributed by atoms with Crippen LogP contribution >= 0.6 is 0 Å². The van der Waals surface area contributed by atoms with Crippen molar-refractivity contribution >= 4 is 16.8 Å². The Balaban J connectivity index is 0.000000172. The zero-order chi connectivity index (χ0) is 24.8. The standard InChI is InChI=1S/C16H14FNO2.C12H16FNO/c1-9-12-7-11(19)3-5-16(12)20-8-13(9)10-2-4-14(17)15(18)6-10;13-8-11-9-14(10-11)6-7-15-12-4-2-1-3-5-12/h2-7,19H,8,18H2,1H3;1-5,11H,6-10H2. The molecule has 35 heavy (non-hydrogen) atoms. The summed E-state index contributed by atoms with van der Waals surface area (Å²) in [5.41, 5.74) is 9.33. The molecule has 2 aliphatic heterocycles. The molecule has 2 heterocycles. The van der Waals surface area contributed by atoms with Crippen LogP contribution in [0, 0.1) is 11.7 Å². The van der Waals surface area contributed by atoms with Gasteiger partial charge in [-0.2, -0.15) is 0 Å². The number of nitrogens with zero attached hydrogens (tertiary/aromatic N) is 1. The van der Waals surface area contributed by atoms with Crippen LogP contribution in [0.5, 0.6) is 17.2 Å². The first-order valence-corrected chi connectivity index (χ1v) is 11.6. The van der Waals surface area contributed by atoms with Crippen molar-refractivity contribution in [1.29, 1.82) is 0 Å². The van der Waals surface area contributed by atoms with E-state index in [9.17, 15) is 13.9 Å². The Labute approximate surface area is 204 Å². The number of likely N-dealkylation sites (tertiary alicyclic amines) is 1. The summed E-state index contributed by atoms with van der Waals surface area (Å²) in [7, 11) is 0. The lowest BCUT2D eigenvalue weighted by atomic mass is 9.93. The molecule has 0 amide bonds. The van der Waals surface area contributed by atoms with Crippen molar-refractivity contribution in [1.82, 2.24) is 4.90 Å². The van der Waals surface area contributed by atoms with Crippen molar-refractivity contribution < 1.29 is 23.4 Å². The molecule has 0 atom stereocenters. The first kappa shape index (κ1) is 24.5. The van der Waals surface area contributed by atoms with E-state index in [1.165, 1.54) is 6.07 Å². The molecule has 0 spiro atoms. The monoisotopic (exact) mass is 480 g/mol. The van der Waals surface area contributed by atoms with Crippen molar-refractivity contribution in [2.24, 2.45) is 5.92 Å². The van der Waals surface area contributed by atoms with Gasteiger partial charge in [-0.15, -0.1) is 0 Å². The number of fused-ring (bicyclic) bond motifs is 1. The van der Waals surface area contributed by atoms with E-state index in [0.29, 0.717) is 13.2 Å². The van der Waals surface area contributed by atoms with Crippen LogP contribution in [-0.4, -0.2) is 49.5 Å². The Hall–Kier alpha value is -3.58. The average molecular weight is 481 g/mol. The van der Waals surface area contributed by atoms with Gasteiger partial charge in [0, 0.05) is 36.7 Å². The maximum absolute atomic E-state index is 13.2. The lowest BCUT2D eigenvalue weighted by Gasteiger charge is -2.37. The third-order valence-corrected chi connectivity index (χ3v) is 6.21. The number of nitrogens with two attached hydrogens (primary N) is 1. The van der Waals surface area contributed by atoms with E-state index in [0.717, 1.165) is 53.4 Å². The number of phenolic OH excluding ortho intramolecular Hbond substituents is 1. The maximum Gasteiger partial charge on any atom is 0.146 e. The normalized spacial score (nSPS) is 15.4. The number of anilines is 1. The molecule has 5 rings (SSSR count). The van der Waals surface area contributed by atoms with Crippen molar-refractivity contribution in [3.8, 4) is 17.2 Å². The molecular weight excluding hydrogens is 450 g/mol. The minimum Gasteiger partial charge on any atom is -0.508 e. The fourth-order valence-electron chi connectivity index (χ4n) is 4.16. The van der Waals surface area contributed by atoms with Gasteiger partial charge in [-0.05, 0) is 60.5 Å². The molecule has 0 bridgehead atoms. The first-order valence-electron chi connectivity index (χ1n) is 11.6. The molecule has 0 radical (unpaired) electrons. The number of nitrogen functional groups attached to an aromatic ring is 1. The number of rotatable bonds is 6. The van der Waals surface area contributed by atoms with E-state index in [1.54, 1.807) is 30.3 Å². The number of hydrogen-bond acceptors (Lipinski definition) is 5. The highest BCUT2D eigenvalue weighted by Gasteiger charge is 2.25. The topological polar surface area (TPSA) is 68.0 Å². The second-order valence-electron chi connectivity index (χ2n) is 8.75. The minimum atomic E-state index is -0.429. The summed E-state index contributed by atoms with van der Waals surface area (Å²) in [5, 5.41) is 9.60. The van der Waals surface area contributed by atoms with Crippen LogP contribution in [-0.2, 0) is 0 Å². The summed E-state index contributed by atoms with van der Waals surface area (Å²) in [6, 6.07) is 19.4. The van der Waals surface area contributed by atoms with E-state index in [2.05, 4.69) is 4.90 Å². The maximum atomic E-state index is 13.2. The molecule has 1 fully saturated rings. The summed E-state index contributed by atoms with van der Waals surface area (Å²) in [6.07, 6.45) is 0. The second kappa shape index (κ2) is 11.2. The summed E-state index contributed by atoms with van der Waals surface area (Å²) in [5.74, 6) is 1.66. The Kier molecular flexibility index (Phi) is 7.87. The van der Waals surface area contributed by atoms with Crippen molar-refractivity contribution in [2.75, 3.05) is 45.3 Å². The Bertz CT molecular complexity index is 1180. The van der Waals surface area contributed by atoms with Crippen LogP contribution < -0.4 is 15.2 Å². The van der Waals surface area contributed by atoms with Crippen LogP contribution in [0.1, 0.15) is 18.1 Å². The lowest BCUT2D eigenvalue weighted by Crippen LogP contribution is -2.49. The van der Waals surface area contributed by atoms with Gasteiger partial charge < -0.3 is 20.3 Å². The second-order valence-corrected chi connectivity index (χ2v) is 8.75. The molecule has 0 aliphatic carbocycles. The van der Waals surface area contributed by atoms with Gasteiger partial charge in [-0.1, -0.05) is 24.3 Å². The molecule has 0 unspecified atom stereocenters. The Morgan fingerprint density at radius 2 is 1.86 bits per heavy atom. The van der Waals surface area contributed by atoms with E-state index in [1.807, 2.05) is 37.3 Å². The van der Waals surface area contributed by atoms with E-state index in [4.69, 9.17) is 15.2 Å². The molecule has 3 N–H and O–H groups in total. The van der Waals surface area contributed by atoms with Gasteiger partial charge in [-0.3, -0.25) is 9.29 Å². The number of ether oxygens (including phenoxy) is 2. The predicted octanol–water partition coefficient (Wildman–Crippen LogP) is 5.40. The number of para-hydroxylation sites is 1. The highest BCUT2D eigenvalue weighted by atomic mass is 19.1. The summed E-state index contributed by atoms with van der Waals surface area (Å²) >= 11 is 0. The van der Waals surface area contributed by atoms with E-state index < -0.39 is 5.82 Å². The highest BCUT2D eigenvalue weighted by Crippen LogP contribution is 2.38. The molecule has 3 aromatic carbocycles. The lowest BCUT2D eigenvalue weighted by molar-refractivity contribution is 0.0668. The van der Waals surface area contributed by atoms with Gasteiger partial charge in [-0.25, -0.2) is 4.39 Å². The largest absolute Gasteiger partial charge is 0.508 e. The highest BCUT2D eigenvalue weighted by molar-refractivity contribution is 5.94. The predicted molar refractivity (Wildman–Crippen MR) is 135 cm³/mol. The fourth-order valence-corrected chi connectivity index (χ4v) is 4.16. The van der Waals surface area contributed by atoms with Crippen molar-refractivity contribution in [3.05, 3.63) is 83.7 Å². The molecule has 2 aliphatic rings. The van der Waals surface area contributed by atoms with Crippen LogP contribution in [0.3, 0.4) is 0 Å². The minimum absolute atomic E-state index is 0.115. The zero-order valence-electron chi connectivity index (χ0n) is 19.7. The Morgan fingerprint density at radius 3 is 2.57 bits per heavy atom. The van der Waals surface area contributed by atoms with Gasteiger partial charge in [0.1, 0.15) is 36.3 Å². The van der Waals surface area contributed by atoms with Gasteiger partial charge in [0.2, 0.25) is 0 Å². The fraction of sp³-hybridized carbons (Fsp3) is 0.286. The number of alkyl halides is 1. The van der Waals surface area contributed by atoms with Crippen LogP contribution in [0.25, 0.3) is 11.1 Å². The van der Waals surface area contributed by atoms with Crippen LogP contribution in [0.2, 0.25) is 0 Å². The molecular formula is C28H30F2N2O3. The number of aromatic hydroxyl groups is 1. The average Bonchev–Trinajstić information content (AvgIpc) is 2.84. The van der Waals surface area contributed by atoms with E-state index >= 15 is 0 Å². The van der Waals surface area contributed by atoms with Crippen LogP contribution in [0.15, 0.2) is 66.7 Å². The zero-order valence-corrected chi connectivity index (χ0v) is 19.7. The third-order valence-electron chi connectivity index (χ3n) is 6.21. The molecule has 1 saturated heterocycles. The molecule has 184 valence electrons. The summed E-state index contributed by atoms with van der Waals surface area (Å²) in [4.78, 5) is 2.22. The number of allylic oxidation sites excluding steroid dienone is 1. The smallest absolute Gasteiger partial charge is 0.146 e. The number of phenols is 1. The summed E-state index contributed by atoms with van der Waals surface area (Å²) < 4.78 is 36.6. The number of benzene rings is 3. The van der Waals surface area contributed by atoms with Crippen molar-refractivity contribution in [2.45, 2.75) is 6.92 Å². The van der Waals surface area contributed by atoms with Crippen LogP contribution in [0.4, 0.5) is 14.5 Å². The molecule has 7 heteroatoms. The number of hydrogen-bond donors (Lipinski definition) is 2. The first-order chi connectivity index (χ1) is 16.9. The van der Waals surface area contributed by atoms with Crippen molar-refractivity contribution in [3.63, 3.8) is 0 Å². The van der Waals surface area contributed by atoms with Gasteiger partial charge in [0.25, 0.3) is 0 Å². The molecule has 0 aromatic heterocycles.